The SMILES string of the molecule is COCCOCCc1ccccc1CSSC. The van der Waals surface area contributed by atoms with Gasteiger partial charge in [-0.1, -0.05) is 45.9 Å². The van der Waals surface area contributed by atoms with Crippen LogP contribution in [0.1, 0.15) is 11.1 Å². The molecule has 0 amide bonds. The lowest BCUT2D eigenvalue weighted by molar-refractivity contribution is 0.0722. The Morgan fingerprint density at radius 2 is 1.82 bits per heavy atom. The quantitative estimate of drug-likeness (QED) is 0.506. The first kappa shape index (κ1) is 14.9. The van der Waals surface area contributed by atoms with Crippen molar-refractivity contribution in [3.8, 4) is 0 Å². The molecular formula is C13H20O2S2. The monoisotopic (exact) mass is 272 g/mol. The van der Waals surface area contributed by atoms with Gasteiger partial charge in [-0.2, -0.15) is 0 Å². The zero-order valence-electron chi connectivity index (χ0n) is 10.5. The summed E-state index contributed by atoms with van der Waals surface area (Å²) in [7, 11) is 5.38. The minimum atomic E-state index is 0.671. The van der Waals surface area contributed by atoms with E-state index in [1.807, 2.05) is 21.6 Å². The van der Waals surface area contributed by atoms with E-state index < -0.39 is 0 Å². The minimum absolute atomic E-state index is 0.671. The molecule has 2 nitrogen and oxygen atoms in total. The first-order valence-electron chi connectivity index (χ1n) is 5.67. The molecule has 0 radical (unpaired) electrons. The van der Waals surface area contributed by atoms with Crippen LogP contribution in [0.4, 0.5) is 0 Å². The van der Waals surface area contributed by atoms with E-state index in [1.165, 1.54) is 11.1 Å². The second-order valence-corrected chi connectivity index (χ2v) is 6.12. The highest BCUT2D eigenvalue weighted by Crippen LogP contribution is 2.24. The maximum Gasteiger partial charge on any atom is 0.0700 e. The third-order valence-corrected chi connectivity index (χ3v) is 4.12. The summed E-state index contributed by atoms with van der Waals surface area (Å²) in [4.78, 5) is 0. The van der Waals surface area contributed by atoms with Gasteiger partial charge in [0.2, 0.25) is 0 Å². The Balaban J connectivity index is 2.35. The van der Waals surface area contributed by atoms with Crippen LogP contribution in [0.2, 0.25) is 0 Å². The lowest BCUT2D eigenvalue weighted by atomic mass is 10.1. The third-order valence-electron chi connectivity index (χ3n) is 2.40. The zero-order chi connectivity index (χ0) is 12.3. The summed E-state index contributed by atoms with van der Waals surface area (Å²) in [6, 6.07) is 8.59. The molecule has 0 aromatic heterocycles. The average molecular weight is 272 g/mol. The first-order chi connectivity index (χ1) is 8.38. The van der Waals surface area contributed by atoms with Gasteiger partial charge in [-0.05, 0) is 23.8 Å². The van der Waals surface area contributed by atoms with Crippen molar-refractivity contribution in [1.29, 1.82) is 0 Å². The Morgan fingerprint density at radius 3 is 2.53 bits per heavy atom. The van der Waals surface area contributed by atoms with Crippen LogP contribution in [0.5, 0.6) is 0 Å². The molecule has 4 heteroatoms. The molecule has 1 aromatic rings. The topological polar surface area (TPSA) is 18.5 Å². The number of benzene rings is 1. The molecule has 96 valence electrons. The Labute approximate surface area is 112 Å². The van der Waals surface area contributed by atoms with Crippen molar-refractivity contribution in [2.45, 2.75) is 12.2 Å². The molecule has 0 fully saturated rings. The van der Waals surface area contributed by atoms with Gasteiger partial charge in [0.1, 0.15) is 0 Å². The molecule has 0 bridgehead atoms. The van der Waals surface area contributed by atoms with Crippen molar-refractivity contribution in [3.63, 3.8) is 0 Å². The smallest absolute Gasteiger partial charge is 0.0700 e. The molecule has 1 aromatic carbocycles. The largest absolute Gasteiger partial charge is 0.382 e. The summed E-state index contributed by atoms with van der Waals surface area (Å²) >= 11 is 0. The summed E-state index contributed by atoms with van der Waals surface area (Å²) in [5.74, 6) is 1.06. The first-order valence-corrected chi connectivity index (χ1v) is 8.40. The molecule has 0 unspecified atom stereocenters. The lowest BCUT2D eigenvalue weighted by Gasteiger charge is -2.09. The summed E-state index contributed by atoms with van der Waals surface area (Å²) in [6.07, 6.45) is 3.09. The maximum absolute atomic E-state index is 5.50. The molecule has 0 atom stereocenters. The molecule has 0 heterocycles. The van der Waals surface area contributed by atoms with E-state index in [0.29, 0.717) is 13.2 Å². The van der Waals surface area contributed by atoms with E-state index in [9.17, 15) is 0 Å². The molecule has 1 rings (SSSR count). The Bertz CT molecular complexity index is 305. The van der Waals surface area contributed by atoms with E-state index in [4.69, 9.17) is 9.47 Å². The van der Waals surface area contributed by atoms with Crippen LogP contribution in [0.25, 0.3) is 0 Å². The Kier molecular flexibility index (Phi) is 8.61. The fraction of sp³-hybridized carbons (Fsp3) is 0.538. The van der Waals surface area contributed by atoms with Crippen LogP contribution >= 0.6 is 21.6 Å². The number of methoxy groups -OCH3 is 1. The minimum Gasteiger partial charge on any atom is -0.382 e. The summed E-state index contributed by atoms with van der Waals surface area (Å²) in [5, 5.41) is 0. The maximum atomic E-state index is 5.50. The third kappa shape index (κ3) is 6.36. The van der Waals surface area contributed by atoms with Gasteiger partial charge in [0, 0.05) is 12.9 Å². The highest BCUT2D eigenvalue weighted by molar-refractivity contribution is 8.76. The van der Waals surface area contributed by atoms with Gasteiger partial charge in [-0.25, -0.2) is 0 Å². The van der Waals surface area contributed by atoms with Crippen molar-refractivity contribution in [2.24, 2.45) is 0 Å². The highest BCUT2D eigenvalue weighted by atomic mass is 33.1. The molecule has 0 saturated heterocycles. The molecule has 0 aliphatic rings. The molecule has 0 spiro atoms. The van der Waals surface area contributed by atoms with Crippen LogP contribution in [-0.4, -0.2) is 33.2 Å². The average Bonchev–Trinajstić information content (AvgIpc) is 2.37. The molecule has 17 heavy (non-hydrogen) atoms. The van der Waals surface area contributed by atoms with Crippen molar-refractivity contribution in [1.82, 2.24) is 0 Å². The van der Waals surface area contributed by atoms with Gasteiger partial charge in [0.25, 0.3) is 0 Å². The van der Waals surface area contributed by atoms with E-state index in [2.05, 4.69) is 30.5 Å². The van der Waals surface area contributed by atoms with Crippen molar-refractivity contribution in [3.05, 3.63) is 35.4 Å². The number of rotatable bonds is 9. The molecule has 0 aliphatic carbocycles. The summed E-state index contributed by atoms with van der Waals surface area (Å²) < 4.78 is 10.4. The van der Waals surface area contributed by atoms with E-state index in [-0.39, 0.29) is 0 Å². The molecule has 0 N–H and O–H groups in total. The second kappa shape index (κ2) is 9.83. The van der Waals surface area contributed by atoms with Crippen molar-refractivity contribution < 1.29 is 9.47 Å². The number of hydrogen-bond donors (Lipinski definition) is 0. The second-order valence-electron chi connectivity index (χ2n) is 3.55. The van der Waals surface area contributed by atoms with Crippen LogP contribution in [-0.2, 0) is 21.6 Å². The normalized spacial score (nSPS) is 10.7. The fourth-order valence-electron chi connectivity index (χ4n) is 1.49. The standard InChI is InChI=1S/C13H20O2S2/c1-14-9-10-15-8-7-12-5-3-4-6-13(12)11-17-16-2/h3-6H,7-11H2,1-2H3. The van der Waals surface area contributed by atoms with E-state index in [1.54, 1.807) is 7.11 Å². The molecular weight excluding hydrogens is 252 g/mol. The van der Waals surface area contributed by atoms with E-state index >= 15 is 0 Å². The Morgan fingerprint density at radius 1 is 1.06 bits per heavy atom. The van der Waals surface area contributed by atoms with Crippen molar-refractivity contribution >= 4 is 21.6 Å². The van der Waals surface area contributed by atoms with Crippen LogP contribution in [0.3, 0.4) is 0 Å². The van der Waals surface area contributed by atoms with Gasteiger partial charge in [0.15, 0.2) is 0 Å². The molecule has 0 saturated carbocycles. The molecule has 0 aliphatic heterocycles. The highest BCUT2D eigenvalue weighted by Gasteiger charge is 2.01. The summed E-state index contributed by atoms with van der Waals surface area (Å²) in [5.41, 5.74) is 2.81. The number of hydrogen-bond acceptors (Lipinski definition) is 4. The van der Waals surface area contributed by atoms with Gasteiger partial charge in [-0.15, -0.1) is 0 Å². The fourth-order valence-corrected chi connectivity index (χ4v) is 2.75. The van der Waals surface area contributed by atoms with Crippen LogP contribution < -0.4 is 0 Å². The zero-order valence-corrected chi connectivity index (χ0v) is 12.1. The van der Waals surface area contributed by atoms with Crippen LogP contribution in [0, 0.1) is 0 Å². The Hall–Kier alpha value is -0.160. The van der Waals surface area contributed by atoms with Crippen LogP contribution in [0.15, 0.2) is 24.3 Å². The summed E-state index contributed by atoms with van der Waals surface area (Å²) in [6.45, 7) is 2.12. The predicted octanol–water partition coefficient (Wildman–Crippen LogP) is 3.40. The van der Waals surface area contributed by atoms with Gasteiger partial charge in [-0.3, -0.25) is 0 Å². The lowest BCUT2D eigenvalue weighted by Crippen LogP contribution is -2.06. The van der Waals surface area contributed by atoms with Crippen molar-refractivity contribution in [2.75, 3.05) is 33.2 Å². The van der Waals surface area contributed by atoms with Gasteiger partial charge >= 0.3 is 0 Å². The predicted molar refractivity (Wildman–Crippen MR) is 77.7 cm³/mol. The number of ether oxygens (including phenoxy) is 2. The van der Waals surface area contributed by atoms with Gasteiger partial charge in [0.05, 0.1) is 19.8 Å². The van der Waals surface area contributed by atoms with Gasteiger partial charge < -0.3 is 9.47 Å². The van der Waals surface area contributed by atoms with E-state index in [0.717, 1.165) is 18.8 Å².